The monoisotopic (exact) mass is 331 g/mol. The fourth-order valence-corrected chi connectivity index (χ4v) is 3.94. The van der Waals surface area contributed by atoms with Crippen LogP contribution in [0.3, 0.4) is 0 Å². The fraction of sp³-hybridized carbons (Fsp3) is 0.579. The number of likely N-dealkylation sites (tertiary alicyclic amines) is 1. The standard InChI is InChI=1S/C19H25NO4/c1-13-4-6-14(7-5-13)18(2,3)16(21)20-10-15-11-24-9-8-19(15,12-20)17(22)23/h4-7,15H,8-12H2,1-3H3,(H,22,23)/t15-,19+/m0/s1. The Morgan fingerprint density at radius 2 is 1.96 bits per heavy atom. The van der Waals surface area contributed by atoms with Crippen molar-refractivity contribution in [3.8, 4) is 0 Å². The number of nitrogens with zero attached hydrogens (tertiary/aromatic N) is 1. The number of rotatable bonds is 3. The molecule has 2 heterocycles. The summed E-state index contributed by atoms with van der Waals surface area (Å²) >= 11 is 0. The second-order valence-electron chi connectivity index (χ2n) is 7.66. The van der Waals surface area contributed by atoms with Crippen molar-refractivity contribution in [3.63, 3.8) is 0 Å². The van der Waals surface area contributed by atoms with E-state index in [4.69, 9.17) is 4.74 Å². The van der Waals surface area contributed by atoms with Gasteiger partial charge < -0.3 is 14.7 Å². The first kappa shape index (κ1) is 17.0. The zero-order valence-corrected chi connectivity index (χ0v) is 14.5. The molecule has 0 radical (unpaired) electrons. The Hall–Kier alpha value is -1.88. The Kier molecular flexibility index (Phi) is 4.16. The lowest BCUT2D eigenvalue weighted by Gasteiger charge is -2.34. The molecule has 5 heteroatoms. The highest BCUT2D eigenvalue weighted by Gasteiger charge is 2.56. The second kappa shape index (κ2) is 5.88. The van der Waals surface area contributed by atoms with E-state index in [1.54, 1.807) is 4.90 Å². The van der Waals surface area contributed by atoms with Crippen molar-refractivity contribution in [1.29, 1.82) is 0 Å². The highest BCUT2D eigenvalue weighted by molar-refractivity contribution is 5.89. The number of hydrogen-bond donors (Lipinski definition) is 1. The molecule has 2 atom stereocenters. The van der Waals surface area contributed by atoms with E-state index in [1.165, 1.54) is 0 Å². The summed E-state index contributed by atoms with van der Waals surface area (Å²) in [6.45, 7) is 7.44. The minimum absolute atomic E-state index is 0.0126. The molecule has 130 valence electrons. The molecule has 1 N–H and O–H groups in total. The number of hydrogen-bond acceptors (Lipinski definition) is 3. The average Bonchev–Trinajstić information content (AvgIpc) is 2.95. The number of aliphatic carboxylic acids is 1. The number of amides is 1. The van der Waals surface area contributed by atoms with Crippen molar-refractivity contribution in [3.05, 3.63) is 35.4 Å². The predicted molar refractivity (Wildman–Crippen MR) is 89.8 cm³/mol. The van der Waals surface area contributed by atoms with E-state index in [9.17, 15) is 14.7 Å². The lowest BCUT2D eigenvalue weighted by molar-refractivity contribution is -0.157. The topological polar surface area (TPSA) is 66.8 Å². The molecule has 0 bridgehead atoms. The smallest absolute Gasteiger partial charge is 0.311 e. The quantitative estimate of drug-likeness (QED) is 0.922. The summed E-state index contributed by atoms with van der Waals surface area (Å²) in [6, 6.07) is 7.96. The Labute approximate surface area is 142 Å². The SMILES string of the molecule is Cc1ccc(C(C)(C)C(=O)N2C[C@H]3COCC[C@@]3(C(=O)O)C2)cc1. The van der Waals surface area contributed by atoms with Crippen molar-refractivity contribution >= 4 is 11.9 Å². The van der Waals surface area contributed by atoms with Gasteiger partial charge in [-0.25, -0.2) is 0 Å². The number of ether oxygens (including phenoxy) is 1. The van der Waals surface area contributed by atoms with Crippen LogP contribution in [-0.4, -0.2) is 48.2 Å². The van der Waals surface area contributed by atoms with Gasteiger partial charge in [-0.15, -0.1) is 0 Å². The highest BCUT2D eigenvalue weighted by atomic mass is 16.5. The third kappa shape index (κ3) is 2.61. The molecular formula is C19H25NO4. The van der Waals surface area contributed by atoms with Crippen LogP contribution in [0.2, 0.25) is 0 Å². The first-order chi connectivity index (χ1) is 11.3. The van der Waals surface area contributed by atoms with Crippen molar-refractivity contribution in [2.75, 3.05) is 26.3 Å². The van der Waals surface area contributed by atoms with Crippen LogP contribution in [0.1, 0.15) is 31.4 Å². The van der Waals surface area contributed by atoms with Gasteiger partial charge in [0, 0.05) is 25.6 Å². The molecular weight excluding hydrogens is 306 g/mol. The van der Waals surface area contributed by atoms with Gasteiger partial charge >= 0.3 is 5.97 Å². The van der Waals surface area contributed by atoms with Crippen molar-refractivity contribution in [2.45, 2.75) is 32.6 Å². The summed E-state index contributed by atoms with van der Waals surface area (Å²) in [6.07, 6.45) is 0.474. The number of benzene rings is 1. The normalized spacial score (nSPS) is 27.0. The Morgan fingerprint density at radius 1 is 1.29 bits per heavy atom. The molecule has 1 aromatic carbocycles. The molecule has 1 aromatic rings. The van der Waals surface area contributed by atoms with Gasteiger partial charge in [0.1, 0.15) is 0 Å². The summed E-state index contributed by atoms with van der Waals surface area (Å²) in [5, 5.41) is 9.76. The van der Waals surface area contributed by atoms with Gasteiger partial charge in [0.2, 0.25) is 5.91 Å². The summed E-state index contributed by atoms with van der Waals surface area (Å²) in [5.41, 5.74) is 0.573. The minimum atomic E-state index is -0.850. The van der Waals surface area contributed by atoms with Gasteiger partial charge in [-0.2, -0.15) is 0 Å². The molecule has 5 nitrogen and oxygen atoms in total. The Bertz CT molecular complexity index is 652. The maximum absolute atomic E-state index is 13.2. The molecule has 24 heavy (non-hydrogen) atoms. The maximum atomic E-state index is 13.2. The van der Waals surface area contributed by atoms with Crippen LogP contribution >= 0.6 is 0 Å². The van der Waals surface area contributed by atoms with Crippen LogP contribution in [0.25, 0.3) is 0 Å². The summed E-state index contributed by atoms with van der Waals surface area (Å²) < 4.78 is 5.47. The predicted octanol–water partition coefficient (Wildman–Crippen LogP) is 2.22. The summed E-state index contributed by atoms with van der Waals surface area (Å²) in [5.74, 6) is -0.942. The van der Waals surface area contributed by atoms with Gasteiger partial charge in [-0.1, -0.05) is 29.8 Å². The largest absolute Gasteiger partial charge is 0.481 e. The molecule has 2 saturated heterocycles. The van der Waals surface area contributed by atoms with E-state index in [-0.39, 0.29) is 18.4 Å². The van der Waals surface area contributed by atoms with Gasteiger partial charge in [-0.05, 0) is 32.8 Å². The molecule has 3 rings (SSSR count). The number of carboxylic acid groups (broad SMARTS) is 1. The zero-order chi connectivity index (χ0) is 17.5. The van der Waals surface area contributed by atoms with Crippen molar-refractivity contribution in [1.82, 2.24) is 4.90 Å². The molecule has 0 saturated carbocycles. The third-order valence-corrected chi connectivity index (χ3v) is 5.73. The van der Waals surface area contributed by atoms with E-state index in [0.717, 1.165) is 11.1 Å². The number of carbonyl (C=O) groups is 2. The molecule has 1 amide bonds. The van der Waals surface area contributed by atoms with E-state index in [0.29, 0.717) is 26.2 Å². The number of carbonyl (C=O) groups excluding carboxylic acids is 1. The fourth-order valence-electron chi connectivity index (χ4n) is 3.94. The second-order valence-corrected chi connectivity index (χ2v) is 7.66. The molecule has 2 aliphatic rings. The molecule has 0 unspecified atom stereocenters. The minimum Gasteiger partial charge on any atom is -0.481 e. The van der Waals surface area contributed by atoms with E-state index in [1.807, 2.05) is 45.0 Å². The highest BCUT2D eigenvalue weighted by Crippen LogP contribution is 2.43. The molecule has 0 aliphatic carbocycles. The van der Waals surface area contributed by atoms with Gasteiger partial charge in [0.05, 0.1) is 17.4 Å². The number of fused-ring (bicyclic) bond motifs is 1. The lowest BCUT2D eigenvalue weighted by atomic mass is 9.74. The van der Waals surface area contributed by atoms with Crippen LogP contribution in [0.5, 0.6) is 0 Å². The van der Waals surface area contributed by atoms with Crippen LogP contribution in [0.4, 0.5) is 0 Å². The van der Waals surface area contributed by atoms with Crippen molar-refractivity contribution < 1.29 is 19.4 Å². The van der Waals surface area contributed by atoms with Crippen LogP contribution in [-0.2, 0) is 19.7 Å². The molecule has 0 spiro atoms. The van der Waals surface area contributed by atoms with Crippen molar-refractivity contribution in [2.24, 2.45) is 11.3 Å². The zero-order valence-electron chi connectivity index (χ0n) is 14.5. The van der Waals surface area contributed by atoms with Gasteiger partial charge in [0.25, 0.3) is 0 Å². The maximum Gasteiger partial charge on any atom is 0.311 e. The summed E-state index contributed by atoms with van der Waals surface area (Å²) in [4.78, 5) is 26.8. The molecule has 0 aromatic heterocycles. The van der Waals surface area contributed by atoms with Crippen LogP contribution in [0.15, 0.2) is 24.3 Å². The summed E-state index contributed by atoms with van der Waals surface area (Å²) in [7, 11) is 0. The average molecular weight is 331 g/mol. The number of aryl methyl sites for hydroxylation is 1. The first-order valence-electron chi connectivity index (χ1n) is 8.45. The first-order valence-corrected chi connectivity index (χ1v) is 8.45. The van der Waals surface area contributed by atoms with Gasteiger partial charge in [-0.3, -0.25) is 9.59 Å². The molecule has 2 fully saturated rings. The van der Waals surface area contributed by atoms with Crippen LogP contribution in [0, 0.1) is 18.3 Å². The van der Waals surface area contributed by atoms with E-state index >= 15 is 0 Å². The Balaban J connectivity index is 1.85. The van der Waals surface area contributed by atoms with E-state index < -0.39 is 16.8 Å². The van der Waals surface area contributed by atoms with E-state index in [2.05, 4.69) is 0 Å². The Morgan fingerprint density at radius 3 is 2.54 bits per heavy atom. The molecule has 2 aliphatic heterocycles. The van der Waals surface area contributed by atoms with Gasteiger partial charge in [0.15, 0.2) is 0 Å². The number of carboxylic acids is 1. The van der Waals surface area contributed by atoms with Crippen LogP contribution < -0.4 is 0 Å². The lowest BCUT2D eigenvalue weighted by Crippen LogP contribution is -2.46. The third-order valence-electron chi connectivity index (χ3n) is 5.73.